The summed E-state index contributed by atoms with van der Waals surface area (Å²) in [5.74, 6) is -0.563. The third-order valence-electron chi connectivity index (χ3n) is 6.27. The van der Waals surface area contributed by atoms with Crippen LogP contribution in [0.2, 0.25) is 0 Å². The van der Waals surface area contributed by atoms with E-state index in [0.29, 0.717) is 59.9 Å². The van der Waals surface area contributed by atoms with Crippen molar-refractivity contribution >= 4 is 39.1 Å². The minimum atomic E-state index is -0.311. The van der Waals surface area contributed by atoms with E-state index in [-0.39, 0.29) is 29.7 Å². The standard InChI is InChI=1S/C24H28FN5O3S/c1-4-27(5-2)19(31)14-30-15-26-22-20(23(30)32)16(3)21(34-22)24(33)29-11-9-28(10-12-29)18-8-6-7-17(25)13-18/h6-8,13,15H,4-5,9-12,14H2,1-3H3. The average Bonchev–Trinajstić information content (AvgIpc) is 3.18. The Hall–Kier alpha value is -3.27. The minimum Gasteiger partial charge on any atom is -0.368 e. The van der Waals surface area contributed by atoms with Gasteiger partial charge < -0.3 is 14.7 Å². The molecule has 1 aromatic carbocycles. The van der Waals surface area contributed by atoms with E-state index in [1.807, 2.05) is 19.9 Å². The number of piperazine rings is 1. The molecule has 1 aliphatic rings. The highest BCUT2D eigenvalue weighted by Gasteiger charge is 2.27. The highest BCUT2D eigenvalue weighted by molar-refractivity contribution is 7.20. The van der Waals surface area contributed by atoms with Gasteiger partial charge in [-0.2, -0.15) is 0 Å². The number of amides is 2. The van der Waals surface area contributed by atoms with Gasteiger partial charge in [0.05, 0.1) is 16.6 Å². The second-order valence-electron chi connectivity index (χ2n) is 8.24. The summed E-state index contributed by atoms with van der Waals surface area (Å²) >= 11 is 1.21. The zero-order valence-electron chi connectivity index (χ0n) is 19.6. The van der Waals surface area contributed by atoms with E-state index in [0.717, 1.165) is 5.69 Å². The number of halogens is 1. The third-order valence-corrected chi connectivity index (χ3v) is 7.46. The van der Waals surface area contributed by atoms with Crippen LogP contribution >= 0.6 is 11.3 Å². The number of carbonyl (C=O) groups is 2. The fourth-order valence-electron chi connectivity index (χ4n) is 4.28. The molecule has 0 N–H and O–H groups in total. The van der Waals surface area contributed by atoms with E-state index in [4.69, 9.17) is 0 Å². The normalized spacial score (nSPS) is 14.0. The first-order valence-electron chi connectivity index (χ1n) is 11.4. The molecule has 0 saturated carbocycles. The van der Waals surface area contributed by atoms with Gasteiger partial charge in [0.2, 0.25) is 5.91 Å². The number of carbonyl (C=O) groups excluding carboxylic acids is 2. The molecule has 1 aliphatic heterocycles. The van der Waals surface area contributed by atoms with Gasteiger partial charge in [0.15, 0.2) is 0 Å². The Bertz CT molecular complexity index is 1280. The summed E-state index contributed by atoms with van der Waals surface area (Å²) < 4.78 is 14.9. The highest BCUT2D eigenvalue weighted by Crippen LogP contribution is 2.28. The molecule has 1 fully saturated rings. The molecule has 0 aliphatic carbocycles. The van der Waals surface area contributed by atoms with Crippen molar-refractivity contribution in [1.29, 1.82) is 0 Å². The number of thiophene rings is 1. The Morgan fingerprint density at radius 2 is 1.85 bits per heavy atom. The molecule has 180 valence electrons. The summed E-state index contributed by atoms with van der Waals surface area (Å²) in [6.07, 6.45) is 1.38. The lowest BCUT2D eigenvalue weighted by atomic mass is 10.2. The van der Waals surface area contributed by atoms with Gasteiger partial charge >= 0.3 is 0 Å². The van der Waals surface area contributed by atoms with Crippen molar-refractivity contribution in [3.8, 4) is 0 Å². The van der Waals surface area contributed by atoms with Gasteiger partial charge in [-0.25, -0.2) is 9.37 Å². The molecule has 2 aromatic heterocycles. The van der Waals surface area contributed by atoms with Crippen LogP contribution < -0.4 is 10.5 Å². The van der Waals surface area contributed by atoms with Gasteiger partial charge in [-0.15, -0.1) is 11.3 Å². The molecule has 1 saturated heterocycles. The van der Waals surface area contributed by atoms with Crippen LogP contribution in [0.5, 0.6) is 0 Å². The summed E-state index contributed by atoms with van der Waals surface area (Å²) in [6, 6.07) is 6.45. The van der Waals surface area contributed by atoms with Gasteiger partial charge in [0.1, 0.15) is 17.2 Å². The van der Waals surface area contributed by atoms with Crippen molar-refractivity contribution in [3.63, 3.8) is 0 Å². The molecule has 2 amide bonds. The number of benzene rings is 1. The van der Waals surface area contributed by atoms with E-state index >= 15 is 0 Å². The molecule has 0 radical (unpaired) electrons. The topological polar surface area (TPSA) is 78.8 Å². The van der Waals surface area contributed by atoms with Gasteiger partial charge in [0, 0.05) is 45.0 Å². The first-order chi connectivity index (χ1) is 16.3. The maximum absolute atomic E-state index is 13.6. The molecule has 10 heteroatoms. The lowest BCUT2D eigenvalue weighted by Gasteiger charge is -2.36. The summed E-state index contributed by atoms with van der Waals surface area (Å²) in [6.45, 7) is 8.80. The first kappa shape index (κ1) is 23.9. The van der Waals surface area contributed by atoms with Crippen LogP contribution in [0.15, 0.2) is 35.4 Å². The lowest BCUT2D eigenvalue weighted by Crippen LogP contribution is -2.48. The molecular weight excluding hydrogens is 457 g/mol. The van der Waals surface area contributed by atoms with Crippen LogP contribution in [0.4, 0.5) is 10.1 Å². The average molecular weight is 486 g/mol. The van der Waals surface area contributed by atoms with Crippen molar-refractivity contribution < 1.29 is 14.0 Å². The van der Waals surface area contributed by atoms with Gasteiger partial charge in [-0.1, -0.05) is 6.07 Å². The number of hydrogen-bond acceptors (Lipinski definition) is 6. The predicted molar refractivity (Wildman–Crippen MR) is 131 cm³/mol. The number of aryl methyl sites for hydroxylation is 1. The highest BCUT2D eigenvalue weighted by atomic mass is 32.1. The molecular formula is C24H28FN5O3S. The molecule has 3 heterocycles. The smallest absolute Gasteiger partial charge is 0.264 e. The van der Waals surface area contributed by atoms with Crippen LogP contribution in [0.1, 0.15) is 29.1 Å². The predicted octanol–water partition coefficient (Wildman–Crippen LogP) is 2.74. The maximum Gasteiger partial charge on any atom is 0.264 e. The summed E-state index contributed by atoms with van der Waals surface area (Å²) in [7, 11) is 0. The Morgan fingerprint density at radius 3 is 2.50 bits per heavy atom. The number of likely N-dealkylation sites (N-methyl/N-ethyl adjacent to an activating group) is 1. The second kappa shape index (κ2) is 9.92. The maximum atomic E-state index is 13.6. The molecule has 0 unspecified atom stereocenters. The Kier molecular flexibility index (Phi) is 6.97. The van der Waals surface area contributed by atoms with Gasteiger partial charge in [-0.3, -0.25) is 19.0 Å². The fraction of sp³-hybridized carbons (Fsp3) is 0.417. The zero-order chi connectivity index (χ0) is 24.4. The summed E-state index contributed by atoms with van der Waals surface area (Å²) in [5, 5.41) is 0.390. The van der Waals surface area contributed by atoms with Crippen LogP contribution in [0.3, 0.4) is 0 Å². The van der Waals surface area contributed by atoms with E-state index < -0.39 is 0 Å². The van der Waals surface area contributed by atoms with Crippen LogP contribution in [-0.4, -0.2) is 70.4 Å². The van der Waals surface area contributed by atoms with Crippen LogP contribution in [0.25, 0.3) is 10.2 Å². The molecule has 0 bridgehead atoms. The number of nitrogens with zero attached hydrogens (tertiary/aromatic N) is 5. The van der Waals surface area contributed by atoms with E-state index in [2.05, 4.69) is 9.88 Å². The fourth-order valence-corrected chi connectivity index (χ4v) is 5.39. The number of hydrogen-bond donors (Lipinski definition) is 0. The van der Waals surface area contributed by atoms with Gasteiger partial charge in [-0.05, 0) is 44.5 Å². The van der Waals surface area contributed by atoms with Crippen LogP contribution in [0, 0.1) is 12.7 Å². The minimum absolute atomic E-state index is 0.0793. The van der Waals surface area contributed by atoms with E-state index in [1.54, 1.807) is 22.8 Å². The number of rotatable bonds is 6. The Labute approximate surface area is 201 Å². The van der Waals surface area contributed by atoms with Crippen molar-refractivity contribution in [1.82, 2.24) is 19.4 Å². The largest absolute Gasteiger partial charge is 0.368 e. The Morgan fingerprint density at radius 1 is 1.15 bits per heavy atom. The third kappa shape index (κ3) is 4.54. The number of anilines is 1. The first-order valence-corrected chi connectivity index (χ1v) is 12.2. The van der Waals surface area contributed by atoms with Crippen molar-refractivity contribution in [2.24, 2.45) is 0 Å². The van der Waals surface area contributed by atoms with Crippen molar-refractivity contribution in [2.45, 2.75) is 27.3 Å². The van der Waals surface area contributed by atoms with Gasteiger partial charge in [0.25, 0.3) is 11.5 Å². The SMILES string of the molecule is CCN(CC)C(=O)Cn1cnc2sc(C(=O)N3CCN(c4cccc(F)c4)CC3)c(C)c2c1=O. The monoisotopic (exact) mass is 485 g/mol. The molecule has 34 heavy (non-hydrogen) atoms. The lowest BCUT2D eigenvalue weighted by molar-refractivity contribution is -0.131. The van der Waals surface area contributed by atoms with E-state index in [9.17, 15) is 18.8 Å². The Balaban J connectivity index is 1.53. The zero-order valence-corrected chi connectivity index (χ0v) is 20.4. The second-order valence-corrected chi connectivity index (χ2v) is 9.24. The molecule has 0 spiro atoms. The van der Waals surface area contributed by atoms with Crippen LogP contribution in [-0.2, 0) is 11.3 Å². The molecule has 0 atom stereocenters. The van der Waals surface area contributed by atoms with E-state index in [1.165, 1.54) is 34.4 Å². The molecule has 4 rings (SSSR count). The summed E-state index contributed by atoms with van der Waals surface area (Å²) in [4.78, 5) is 49.7. The van der Waals surface area contributed by atoms with Crippen molar-refractivity contribution in [2.75, 3.05) is 44.2 Å². The number of fused-ring (bicyclic) bond motifs is 1. The molecule has 8 nitrogen and oxygen atoms in total. The molecule has 3 aromatic rings. The number of aromatic nitrogens is 2. The van der Waals surface area contributed by atoms with Crippen molar-refractivity contribution in [3.05, 3.63) is 57.2 Å². The quantitative estimate of drug-likeness (QED) is 0.537. The summed E-state index contributed by atoms with van der Waals surface area (Å²) in [5.41, 5.74) is 1.09.